The highest BCUT2D eigenvalue weighted by Crippen LogP contribution is 2.30. The molecule has 1 amide bonds. The molecule has 0 aliphatic rings. The highest BCUT2D eigenvalue weighted by atomic mass is 35.5. The molecule has 96 valence electrons. The molecule has 0 spiro atoms. The molecule has 0 bridgehead atoms. The van der Waals surface area contributed by atoms with Crippen LogP contribution < -0.4 is 10.1 Å². The van der Waals surface area contributed by atoms with Gasteiger partial charge in [0.25, 0.3) is 0 Å². The van der Waals surface area contributed by atoms with Crippen LogP contribution in [0.5, 0.6) is 5.75 Å². The number of nitrogens with zero attached hydrogens (tertiary/aromatic N) is 1. The maximum atomic E-state index is 12.0. The van der Waals surface area contributed by atoms with E-state index in [0.29, 0.717) is 17.0 Å². The number of hydrogen-bond donors (Lipinski definition) is 1. The molecule has 0 fully saturated rings. The van der Waals surface area contributed by atoms with Gasteiger partial charge in [0.1, 0.15) is 17.5 Å². The minimum Gasteiger partial charge on any atom is -0.495 e. The third kappa shape index (κ3) is 2.93. The highest BCUT2D eigenvalue weighted by molar-refractivity contribution is 6.20. The molecular formula is C13H15ClN2O2. The Hall–Kier alpha value is -1.73. The van der Waals surface area contributed by atoms with E-state index in [1.54, 1.807) is 32.0 Å². The number of halogens is 1. The summed E-state index contributed by atoms with van der Waals surface area (Å²) < 4.78 is 5.14. The van der Waals surface area contributed by atoms with Crippen LogP contribution in [0.15, 0.2) is 18.2 Å². The van der Waals surface area contributed by atoms with Gasteiger partial charge in [-0.2, -0.15) is 5.26 Å². The number of ether oxygens (including phenoxy) is 1. The molecule has 0 radical (unpaired) electrons. The number of benzene rings is 1. The van der Waals surface area contributed by atoms with Crippen molar-refractivity contribution < 1.29 is 9.53 Å². The van der Waals surface area contributed by atoms with Gasteiger partial charge in [-0.05, 0) is 26.0 Å². The zero-order chi connectivity index (χ0) is 13.8. The summed E-state index contributed by atoms with van der Waals surface area (Å²) in [6, 6.07) is 7.01. The summed E-state index contributed by atoms with van der Waals surface area (Å²) in [7, 11) is 1.48. The molecule has 0 aliphatic heterocycles. The minimum atomic E-state index is -0.713. The zero-order valence-electron chi connectivity index (χ0n) is 10.6. The van der Waals surface area contributed by atoms with E-state index in [1.165, 1.54) is 7.11 Å². The first-order chi connectivity index (χ1) is 8.46. The Balaban J connectivity index is 3.11. The monoisotopic (exact) mass is 266 g/mol. The number of carbonyl (C=O) groups excluding carboxylic acids is 1. The molecule has 5 heteroatoms. The minimum absolute atomic E-state index is 0.190. The summed E-state index contributed by atoms with van der Waals surface area (Å²) in [6.07, 6.45) is 0. The molecule has 0 aromatic heterocycles. The van der Waals surface area contributed by atoms with E-state index >= 15 is 0 Å². The molecule has 1 aromatic carbocycles. The maximum absolute atomic E-state index is 12.0. The molecular weight excluding hydrogens is 252 g/mol. The van der Waals surface area contributed by atoms with Crippen LogP contribution in [-0.4, -0.2) is 18.9 Å². The Morgan fingerprint density at radius 3 is 2.72 bits per heavy atom. The van der Waals surface area contributed by atoms with Gasteiger partial charge in [-0.15, -0.1) is 11.6 Å². The lowest BCUT2D eigenvalue weighted by molar-refractivity contribution is -0.122. The number of anilines is 1. The van der Waals surface area contributed by atoms with E-state index in [0.717, 1.165) is 0 Å². The van der Waals surface area contributed by atoms with Gasteiger partial charge in [-0.25, -0.2) is 0 Å². The Bertz CT molecular complexity index is 492. The predicted molar refractivity (Wildman–Crippen MR) is 70.8 cm³/mol. The molecule has 1 N–H and O–H groups in total. The maximum Gasteiger partial charge on any atom is 0.231 e. The Morgan fingerprint density at radius 1 is 1.56 bits per heavy atom. The molecule has 0 saturated heterocycles. The number of amides is 1. The number of methoxy groups -OCH3 is 1. The standard InChI is InChI=1S/C13H15ClN2O2/c1-13(2,8-14)12(17)16-11-9(7-15)5-4-6-10(11)18-3/h4-6H,8H2,1-3H3,(H,16,17). The molecule has 18 heavy (non-hydrogen) atoms. The van der Waals surface area contributed by atoms with Crippen LogP contribution in [0.1, 0.15) is 19.4 Å². The summed E-state index contributed by atoms with van der Waals surface area (Å²) in [5.41, 5.74) is 0.0218. The van der Waals surface area contributed by atoms with E-state index in [4.69, 9.17) is 21.6 Å². The van der Waals surface area contributed by atoms with Crippen molar-refractivity contribution in [3.8, 4) is 11.8 Å². The van der Waals surface area contributed by atoms with Gasteiger partial charge in [0.2, 0.25) is 5.91 Å². The van der Waals surface area contributed by atoms with Crippen molar-refractivity contribution >= 4 is 23.2 Å². The number of nitriles is 1. The fraction of sp³-hybridized carbons (Fsp3) is 0.385. The van der Waals surface area contributed by atoms with Crippen LogP contribution >= 0.6 is 11.6 Å². The molecule has 0 saturated carbocycles. The van der Waals surface area contributed by atoms with Gasteiger partial charge in [0, 0.05) is 5.88 Å². The van der Waals surface area contributed by atoms with E-state index < -0.39 is 5.41 Å². The van der Waals surface area contributed by atoms with Crippen molar-refractivity contribution in [2.75, 3.05) is 18.3 Å². The van der Waals surface area contributed by atoms with Gasteiger partial charge < -0.3 is 10.1 Å². The van der Waals surface area contributed by atoms with Crippen LogP contribution in [0.3, 0.4) is 0 Å². The van der Waals surface area contributed by atoms with Crippen LogP contribution in [0.25, 0.3) is 0 Å². The molecule has 0 unspecified atom stereocenters. The van der Waals surface area contributed by atoms with Gasteiger partial charge in [0.05, 0.1) is 18.1 Å². The van der Waals surface area contributed by atoms with Crippen LogP contribution in [0.4, 0.5) is 5.69 Å². The van der Waals surface area contributed by atoms with Gasteiger partial charge in [-0.1, -0.05) is 6.07 Å². The number of rotatable bonds is 4. The average molecular weight is 267 g/mol. The third-order valence-corrected chi connectivity index (χ3v) is 3.22. The fourth-order valence-electron chi connectivity index (χ4n) is 1.27. The second-order valence-corrected chi connectivity index (χ2v) is 4.73. The second kappa shape index (κ2) is 5.74. The highest BCUT2D eigenvalue weighted by Gasteiger charge is 2.28. The number of hydrogen-bond acceptors (Lipinski definition) is 3. The lowest BCUT2D eigenvalue weighted by atomic mass is 9.95. The zero-order valence-corrected chi connectivity index (χ0v) is 11.3. The van der Waals surface area contributed by atoms with Crippen LogP contribution in [-0.2, 0) is 4.79 Å². The number of nitrogens with one attached hydrogen (secondary N) is 1. The second-order valence-electron chi connectivity index (χ2n) is 4.47. The van der Waals surface area contributed by atoms with Crippen molar-refractivity contribution in [1.29, 1.82) is 5.26 Å². The summed E-state index contributed by atoms with van der Waals surface area (Å²) in [6.45, 7) is 3.47. The SMILES string of the molecule is COc1cccc(C#N)c1NC(=O)C(C)(C)CCl. The Labute approximate surface area is 112 Å². The van der Waals surface area contributed by atoms with E-state index in [-0.39, 0.29) is 11.8 Å². The van der Waals surface area contributed by atoms with E-state index in [9.17, 15) is 4.79 Å². The molecule has 4 nitrogen and oxygen atoms in total. The van der Waals surface area contributed by atoms with E-state index in [2.05, 4.69) is 5.32 Å². The number of alkyl halides is 1. The largest absolute Gasteiger partial charge is 0.495 e. The third-order valence-electron chi connectivity index (χ3n) is 2.55. The molecule has 0 heterocycles. The lowest BCUT2D eigenvalue weighted by Gasteiger charge is -2.21. The molecule has 1 aromatic rings. The summed E-state index contributed by atoms with van der Waals surface area (Å²) in [5.74, 6) is 0.391. The molecule has 0 atom stereocenters. The Morgan fingerprint density at radius 2 is 2.22 bits per heavy atom. The van der Waals surface area contributed by atoms with Crippen molar-refractivity contribution in [2.45, 2.75) is 13.8 Å². The van der Waals surface area contributed by atoms with Gasteiger partial charge >= 0.3 is 0 Å². The topological polar surface area (TPSA) is 62.1 Å². The average Bonchev–Trinajstić information content (AvgIpc) is 2.38. The van der Waals surface area contributed by atoms with Crippen LogP contribution in [0, 0.1) is 16.7 Å². The number of carbonyl (C=O) groups is 1. The molecule has 0 aliphatic carbocycles. The quantitative estimate of drug-likeness (QED) is 0.853. The summed E-state index contributed by atoms with van der Waals surface area (Å²) >= 11 is 5.74. The first-order valence-corrected chi connectivity index (χ1v) is 5.94. The van der Waals surface area contributed by atoms with Crippen molar-refractivity contribution in [1.82, 2.24) is 0 Å². The van der Waals surface area contributed by atoms with Crippen molar-refractivity contribution in [3.05, 3.63) is 23.8 Å². The summed E-state index contributed by atoms with van der Waals surface area (Å²) in [5, 5.41) is 11.7. The Kier molecular flexibility index (Phi) is 4.57. The first-order valence-electron chi connectivity index (χ1n) is 5.40. The molecule has 1 rings (SSSR count). The summed E-state index contributed by atoms with van der Waals surface area (Å²) in [4.78, 5) is 12.0. The normalized spacial score (nSPS) is 10.6. The van der Waals surface area contributed by atoms with Crippen molar-refractivity contribution in [3.63, 3.8) is 0 Å². The first kappa shape index (κ1) is 14.3. The van der Waals surface area contributed by atoms with E-state index in [1.807, 2.05) is 6.07 Å². The lowest BCUT2D eigenvalue weighted by Crippen LogP contribution is -2.32. The smallest absolute Gasteiger partial charge is 0.231 e. The van der Waals surface area contributed by atoms with Gasteiger partial charge in [-0.3, -0.25) is 4.79 Å². The van der Waals surface area contributed by atoms with Crippen molar-refractivity contribution in [2.24, 2.45) is 5.41 Å². The van der Waals surface area contributed by atoms with Crippen LogP contribution in [0.2, 0.25) is 0 Å². The number of para-hydroxylation sites is 1. The van der Waals surface area contributed by atoms with Gasteiger partial charge in [0.15, 0.2) is 0 Å². The predicted octanol–water partition coefficient (Wildman–Crippen LogP) is 2.77. The fourth-order valence-corrected chi connectivity index (χ4v) is 1.39.